The Morgan fingerprint density at radius 1 is 1.09 bits per heavy atom. The lowest BCUT2D eigenvalue weighted by Crippen LogP contribution is -2.51. The minimum Gasteiger partial charge on any atom is -0.365 e. The fourth-order valence-corrected chi connectivity index (χ4v) is 5.81. The molecule has 0 bridgehead atoms. The van der Waals surface area contributed by atoms with E-state index < -0.39 is 23.1 Å². The van der Waals surface area contributed by atoms with Crippen molar-refractivity contribution in [3.05, 3.63) is 81.9 Å². The van der Waals surface area contributed by atoms with Crippen LogP contribution in [0.3, 0.4) is 0 Å². The quantitative estimate of drug-likeness (QED) is 0.637. The van der Waals surface area contributed by atoms with Gasteiger partial charge >= 0.3 is 6.18 Å². The number of hydrogen-bond acceptors (Lipinski definition) is 4. The number of halogens is 3. The van der Waals surface area contributed by atoms with Crippen LogP contribution >= 0.6 is 11.8 Å². The largest absolute Gasteiger partial charge is 0.416 e. The fourth-order valence-electron chi connectivity index (χ4n) is 4.49. The number of piperidine rings is 1. The molecule has 1 saturated heterocycles. The van der Waals surface area contributed by atoms with E-state index in [9.17, 15) is 22.8 Å². The summed E-state index contributed by atoms with van der Waals surface area (Å²) in [4.78, 5) is 29.8. The number of primary amides is 1. The van der Waals surface area contributed by atoms with Gasteiger partial charge in [0.15, 0.2) is 5.50 Å². The van der Waals surface area contributed by atoms with Gasteiger partial charge in [-0.2, -0.15) is 13.2 Å². The van der Waals surface area contributed by atoms with E-state index in [1.807, 2.05) is 42.2 Å². The molecule has 4 rings (SSSR count). The lowest BCUT2D eigenvalue weighted by molar-refractivity contribution is -0.141. The molecule has 0 saturated carbocycles. The Balaban J connectivity index is 1.53. The Bertz CT molecular complexity index is 1090. The Labute approximate surface area is 200 Å². The molecular weight excluding hydrogens is 463 g/mol. The van der Waals surface area contributed by atoms with Gasteiger partial charge in [-0.3, -0.25) is 9.59 Å². The van der Waals surface area contributed by atoms with Crippen molar-refractivity contribution in [2.45, 2.75) is 44.4 Å². The van der Waals surface area contributed by atoms with Crippen molar-refractivity contribution in [1.29, 1.82) is 0 Å². The van der Waals surface area contributed by atoms with Crippen LogP contribution in [0.15, 0.2) is 65.2 Å². The summed E-state index contributed by atoms with van der Waals surface area (Å²) >= 11 is 1.29. The molecule has 2 atom stereocenters. The van der Waals surface area contributed by atoms with Gasteiger partial charge in [0.05, 0.1) is 10.5 Å². The van der Waals surface area contributed by atoms with Gasteiger partial charge in [-0.25, -0.2) is 0 Å². The number of allylic oxidation sites excluding steroid dienone is 1. The zero-order valence-electron chi connectivity index (χ0n) is 18.7. The molecule has 2 aromatic rings. The van der Waals surface area contributed by atoms with Gasteiger partial charge in [0.1, 0.15) is 0 Å². The highest BCUT2D eigenvalue weighted by Crippen LogP contribution is 2.42. The molecule has 180 valence electrons. The summed E-state index contributed by atoms with van der Waals surface area (Å²) in [6.45, 7) is 2.91. The second-order valence-electron chi connectivity index (χ2n) is 8.61. The maximum Gasteiger partial charge on any atom is 0.416 e. The molecule has 34 heavy (non-hydrogen) atoms. The third-order valence-corrected chi connectivity index (χ3v) is 7.73. The van der Waals surface area contributed by atoms with E-state index in [2.05, 4.69) is 0 Å². The molecule has 2 aromatic carbocycles. The van der Waals surface area contributed by atoms with Gasteiger partial charge < -0.3 is 15.5 Å². The van der Waals surface area contributed by atoms with Crippen molar-refractivity contribution in [2.75, 3.05) is 6.54 Å². The molecule has 0 spiro atoms. The first kappa shape index (κ1) is 24.2. The summed E-state index contributed by atoms with van der Waals surface area (Å²) in [5.41, 5.74) is 7.00. The van der Waals surface area contributed by atoms with Crippen molar-refractivity contribution in [3.63, 3.8) is 0 Å². The topological polar surface area (TPSA) is 66.6 Å². The Morgan fingerprint density at radius 2 is 1.76 bits per heavy atom. The predicted molar refractivity (Wildman–Crippen MR) is 125 cm³/mol. The highest BCUT2D eigenvalue weighted by atomic mass is 32.2. The van der Waals surface area contributed by atoms with Gasteiger partial charge in [-0.15, -0.1) is 0 Å². The molecule has 2 aliphatic heterocycles. The van der Waals surface area contributed by atoms with E-state index in [1.165, 1.54) is 23.9 Å². The molecule has 0 radical (unpaired) electrons. The molecule has 1 fully saturated rings. The molecule has 2 N–H and O–H groups in total. The van der Waals surface area contributed by atoms with Crippen molar-refractivity contribution in [2.24, 2.45) is 11.7 Å². The number of benzene rings is 2. The minimum absolute atomic E-state index is 0.0553. The van der Waals surface area contributed by atoms with E-state index >= 15 is 0 Å². The first-order valence-electron chi connectivity index (χ1n) is 11.1. The van der Waals surface area contributed by atoms with Gasteiger partial charge in [0, 0.05) is 24.7 Å². The number of rotatable bonds is 6. The smallest absolute Gasteiger partial charge is 0.365 e. The average molecular weight is 490 g/mol. The van der Waals surface area contributed by atoms with Crippen molar-refractivity contribution in [3.8, 4) is 0 Å². The molecule has 2 unspecified atom stereocenters. The summed E-state index contributed by atoms with van der Waals surface area (Å²) in [6, 6.07) is 14.8. The Kier molecular flexibility index (Phi) is 6.93. The Morgan fingerprint density at radius 3 is 2.38 bits per heavy atom. The lowest BCUT2D eigenvalue weighted by Gasteiger charge is -2.41. The van der Waals surface area contributed by atoms with Gasteiger partial charge in [0.2, 0.25) is 5.91 Å². The molecule has 0 aromatic heterocycles. The summed E-state index contributed by atoms with van der Waals surface area (Å²) in [5, 5.41) is 0. The molecule has 5 nitrogen and oxygen atoms in total. The number of nitrogens with zero attached hydrogens (tertiary/aromatic N) is 2. The highest BCUT2D eigenvalue weighted by molar-refractivity contribution is 8.04. The van der Waals surface area contributed by atoms with E-state index in [0.29, 0.717) is 36.4 Å². The molecule has 2 aliphatic rings. The molecule has 2 amide bonds. The number of alkyl halides is 3. The maximum atomic E-state index is 13.5. The number of thioether (sulfide) groups is 1. The predicted octanol–water partition coefficient (Wildman–Crippen LogP) is 4.74. The van der Waals surface area contributed by atoms with Crippen LogP contribution in [0.4, 0.5) is 13.2 Å². The molecular formula is C25H26F3N3O2S. The van der Waals surface area contributed by atoms with Gasteiger partial charge in [-0.1, -0.05) is 54.2 Å². The summed E-state index contributed by atoms with van der Waals surface area (Å²) in [6.07, 6.45) is -2.57. The standard InChI is InChI=1S/C25H26F3N3O2S/c1-16-21(22(29)32)34-24(31(16)15-18-6-3-2-4-7-18)30-13-5-8-19(23(30)33)14-17-9-11-20(12-10-17)25(26,27)28/h2-4,6-7,9-12,19,24H,5,8,13-15H2,1H3,(H2,29,32). The van der Waals surface area contributed by atoms with Crippen LogP contribution in [-0.4, -0.2) is 33.7 Å². The number of nitrogens with two attached hydrogens (primary N) is 1. The normalized spacial score (nSPS) is 21.4. The van der Waals surface area contributed by atoms with E-state index in [4.69, 9.17) is 5.73 Å². The number of carbonyl (C=O) groups is 2. The fraction of sp³-hybridized carbons (Fsp3) is 0.360. The second-order valence-corrected chi connectivity index (χ2v) is 9.67. The highest BCUT2D eigenvalue weighted by Gasteiger charge is 2.42. The van der Waals surface area contributed by atoms with E-state index in [-0.39, 0.29) is 11.8 Å². The summed E-state index contributed by atoms with van der Waals surface area (Å²) in [7, 11) is 0. The van der Waals surface area contributed by atoms with Crippen LogP contribution in [0.5, 0.6) is 0 Å². The first-order chi connectivity index (χ1) is 16.1. The molecule has 2 heterocycles. The van der Waals surface area contributed by atoms with Crippen LogP contribution < -0.4 is 5.73 Å². The van der Waals surface area contributed by atoms with Gasteiger partial charge in [0.25, 0.3) is 5.91 Å². The second kappa shape index (κ2) is 9.74. The zero-order chi connectivity index (χ0) is 24.5. The molecule has 9 heteroatoms. The third kappa shape index (κ3) is 5.09. The van der Waals surface area contributed by atoms with Crippen molar-refractivity contribution >= 4 is 23.6 Å². The van der Waals surface area contributed by atoms with Crippen LogP contribution in [0.25, 0.3) is 0 Å². The monoisotopic (exact) mass is 489 g/mol. The number of amides is 2. The minimum atomic E-state index is -4.39. The molecule has 0 aliphatic carbocycles. The van der Waals surface area contributed by atoms with Crippen LogP contribution in [0.2, 0.25) is 0 Å². The number of hydrogen-bond donors (Lipinski definition) is 1. The van der Waals surface area contributed by atoms with Crippen LogP contribution in [0.1, 0.15) is 36.5 Å². The van der Waals surface area contributed by atoms with Crippen molar-refractivity contribution in [1.82, 2.24) is 9.80 Å². The average Bonchev–Trinajstić information content (AvgIpc) is 3.12. The Hall–Kier alpha value is -2.94. The third-order valence-electron chi connectivity index (χ3n) is 6.28. The zero-order valence-corrected chi connectivity index (χ0v) is 19.5. The van der Waals surface area contributed by atoms with E-state index in [0.717, 1.165) is 29.8 Å². The van der Waals surface area contributed by atoms with Crippen LogP contribution in [-0.2, 0) is 28.7 Å². The van der Waals surface area contributed by atoms with E-state index in [1.54, 1.807) is 4.90 Å². The van der Waals surface area contributed by atoms with Gasteiger partial charge in [-0.05, 0) is 49.4 Å². The maximum absolute atomic E-state index is 13.5. The SMILES string of the molecule is CC1=C(C(N)=O)SC(N2CCCC(Cc3ccc(C(F)(F)F)cc3)C2=O)N1Cc1ccccc1. The number of carbonyl (C=O) groups excluding carboxylic acids is 2. The van der Waals surface area contributed by atoms with Crippen LogP contribution in [0, 0.1) is 5.92 Å². The summed E-state index contributed by atoms with van der Waals surface area (Å²) in [5.74, 6) is -0.906. The number of likely N-dealkylation sites (tertiary alicyclic amines) is 1. The summed E-state index contributed by atoms with van der Waals surface area (Å²) < 4.78 is 38.6. The first-order valence-corrected chi connectivity index (χ1v) is 12.0. The lowest BCUT2D eigenvalue weighted by atomic mass is 9.90. The van der Waals surface area contributed by atoms with Crippen molar-refractivity contribution < 1.29 is 22.8 Å².